The number of unbranched alkanes of at least 4 members (excludes halogenated alkanes) is 24. The lowest BCUT2D eigenvalue weighted by Crippen LogP contribution is -2.16. The fraction of sp³-hybridized carbons (Fsp3) is 1.00. The maximum atomic E-state index is 3.59. The molecule has 0 aliphatic carbocycles. The minimum absolute atomic E-state index is 1.24. The van der Waals surface area contributed by atoms with Crippen molar-refractivity contribution in [2.45, 2.75) is 207 Å². The molecule has 0 saturated carbocycles. The zero-order valence-electron chi connectivity index (χ0n) is 27.6. The predicted molar refractivity (Wildman–Crippen MR) is 178 cm³/mol. The molecule has 2 heteroatoms. The zero-order chi connectivity index (χ0) is 28.0. The molecule has 0 aliphatic rings. The summed E-state index contributed by atoms with van der Waals surface area (Å²) in [4.78, 5) is 0. The molecule has 232 valence electrons. The molecule has 2 nitrogen and oxygen atoms in total. The third-order valence-electron chi connectivity index (χ3n) is 7.83. The Morgan fingerprint density at radius 2 is 0.368 bits per heavy atom. The van der Waals surface area contributed by atoms with Crippen LogP contribution in [-0.4, -0.2) is 26.2 Å². The van der Waals surface area contributed by atoms with E-state index in [1.165, 1.54) is 206 Å². The molecule has 0 rings (SSSR count). The van der Waals surface area contributed by atoms with Crippen molar-refractivity contribution >= 4 is 0 Å². The van der Waals surface area contributed by atoms with Crippen LogP contribution in [0.25, 0.3) is 0 Å². The van der Waals surface area contributed by atoms with Gasteiger partial charge in [-0.15, -0.1) is 0 Å². The molecule has 0 unspecified atom stereocenters. The quantitative estimate of drug-likeness (QED) is 0.0832. The Labute approximate surface area is 244 Å². The first kappa shape index (κ1) is 40.1. The van der Waals surface area contributed by atoms with Crippen LogP contribution in [0.15, 0.2) is 0 Å². The lowest BCUT2D eigenvalue weighted by molar-refractivity contribution is 0.537. The lowest BCUT2D eigenvalue weighted by atomic mass is 10.1. The largest absolute Gasteiger partial charge is 0.317 e. The number of nitrogens with one attached hydrogen (secondary N) is 2. The van der Waals surface area contributed by atoms with Crippen LogP contribution < -0.4 is 10.6 Å². The molecular weight excluding hydrogens is 460 g/mol. The molecule has 0 heterocycles. The first-order chi connectivity index (χ1) is 18.8. The second-order valence-corrected chi connectivity index (χ2v) is 12.0. The van der Waals surface area contributed by atoms with E-state index < -0.39 is 0 Å². The van der Waals surface area contributed by atoms with Crippen molar-refractivity contribution < 1.29 is 0 Å². The van der Waals surface area contributed by atoms with Gasteiger partial charge < -0.3 is 10.6 Å². The van der Waals surface area contributed by atoms with Gasteiger partial charge in [-0.2, -0.15) is 0 Å². The van der Waals surface area contributed by atoms with Crippen molar-refractivity contribution in [2.75, 3.05) is 26.2 Å². The molecule has 2 N–H and O–H groups in total. The van der Waals surface area contributed by atoms with Gasteiger partial charge in [0, 0.05) is 0 Å². The van der Waals surface area contributed by atoms with Gasteiger partial charge in [0.1, 0.15) is 0 Å². The van der Waals surface area contributed by atoms with Gasteiger partial charge >= 0.3 is 0 Å². The van der Waals surface area contributed by atoms with Crippen molar-refractivity contribution in [3.8, 4) is 0 Å². The first-order valence-electron chi connectivity index (χ1n) is 18.2. The Morgan fingerprint density at radius 3 is 0.553 bits per heavy atom. The molecule has 0 aromatic carbocycles. The molecule has 0 aromatic rings. The smallest absolute Gasteiger partial charge is 0.00489 e. The summed E-state index contributed by atoms with van der Waals surface area (Å²) in [6.45, 7) is 14.1. The van der Waals surface area contributed by atoms with Gasteiger partial charge in [-0.25, -0.2) is 0 Å². The van der Waals surface area contributed by atoms with E-state index in [9.17, 15) is 0 Å². The monoisotopic (exact) mass is 539 g/mol. The summed E-state index contributed by atoms with van der Waals surface area (Å²) in [5.74, 6) is 0. The van der Waals surface area contributed by atoms with Crippen LogP contribution in [0.4, 0.5) is 0 Å². The van der Waals surface area contributed by atoms with E-state index in [1.807, 2.05) is 0 Å². The molecule has 0 aliphatic heterocycles. The van der Waals surface area contributed by atoms with Crippen LogP contribution in [-0.2, 0) is 0 Å². The van der Waals surface area contributed by atoms with E-state index in [0.29, 0.717) is 0 Å². The minimum Gasteiger partial charge on any atom is -0.317 e. The average molecular weight is 539 g/mol. The Kier molecular flexibility index (Phi) is 43.6. The molecule has 38 heavy (non-hydrogen) atoms. The van der Waals surface area contributed by atoms with Crippen LogP contribution in [0.2, 0.25) is 0 Å². The number of rotatable bonds is 32. The number of hydrogen-bond acceptors (Lipinski definition) is 2. The Balaban J connectivity index is 0. The van der Waals surface area contributed by atoms with E-state index in [2.05, 4.69) is 38.3 Å². The lowest BCUT2D eigenvalue weighted by Gasteiger charge is -2.05. The zero-order valence-corrected chi connectivity index (χ0v) is 27.6. The molecule has 0 amide bonds. The average Bonchev–Trinajstić information content (AvgIpc) is 2.93. The topological polar surface area (TPSA) is 24.1 Å². The highest BCUT2D eigenvalue weighted by atomic mass is 14.8. The van der Waals surface area contributed by atoms with Crippen molar-refractivity contribution in [1.29, 1.82) is 0 Å². The van der Waals surface area contributed by atoms with Crippen LogP contribution in [0, 0.1) is 0 Å². The minimum atomic E-state index is 1.24. The third kappa shape index (κ3) is 43.0. The van der Waals surface area contributed by atoms with Crippen molar-refractivity contribution in [1.82, 2.24) is 10.6 Å². The van der Waals surface area contributed by atoms with Crippen LogP contribution in [0.3, 0.4) is 0 Å². The summed E-state index contributed by atoms with van der Waals surface area (Å²) in [5, 5.41) is 7.18. The molecule has 0 radical (unpaired) electrons. The van der Waals surface area contributed by atoms with Gasteiger partial charge in [-0.05, 0) is 51.9 Å². The second kappa shape index (κ2) is 41.4. The highest BCUT2D eigenvalue weighted by Crippen LogP contribution is 2.09. The van der Waals surface area contributed by atoms with E-state index in [-0.39, 0.29) is 0 Å². The maximum absolute atomic E-state index is 3.59. The van der Waals surface area contributed by atoms with Crippen molar-refractivity contribution in [2.24, 2.45) is 0 Å². The molecule has 0 aromatic heterocycles. The standard InChI is InChI=1S/2C18H39N/c2*1-3-5-7-9-11-13-15-17-19-18-16-14-12-10-8-6-4-2/h2*19H,3-18H2,1-2H3. The second-order valence-electron chi connectivity index (χ2n) is 12.0. The van der Waals surface area contributed by atoms with Gasteiger partial charge in [0.2, 0.25) is 0 Å². The molecule has 0 bridgehead atoms. The summed E-state index contributed by atoms with van der Waals surface area (Å²) in [6, 6.07) is 0. The molecule has 0 atom stereocenters. The third-order valence-corrected chi connectivity index (χ3v) is 7.83. The number of hydrogen-bond donors (Lipinski definition) is 2. The first-order valence-corrected chi connectivity index (χ1v) is 18.2. The van der Waals surface area contributed by atoms with Gasteiger partial charge in [0.05, 0.1) is 0 Å². The molecular formula is C36H78N2. The summed E-state index contributed by atoms with van der Waals surface area (Å²) < 4.78 is 0. The molecule has 0 saturated heterocycles. The van der Waals surface area contributed by atoms with Crippen molar-refractivity contribution in [3.63, 3.8) is 0 Å². The van der Waals surface area contributed by atoms with E-state index in [4.69, 9.17) is 0 Å². The van der Waals surface area contributed by atoms with Crippen LogP contribution in [0.5, 0.6) is 0 Å². The van der Waals surface area contributed by atoms with Crippen LogP contribution >= 0.6 is 0 Å². The van der Waals surface area contributed by atoms with Crippen molar-refractivity contribution in [3.05, 3.63) is 0 Å². The summed E-state index contributed by atoms with van der Waals surface area (Å²) in [7, 11) is 0. The maximum Gasteiger partial charge on any atom is -0.00489 e. The summed E-state index contributed by atoms with van der Waals surface area (Å²) in [6.07, 6.45) is 39.7. The Hall–Kier alpha value is -0.0800. The summed E-state index contributed by atoms with van der Waals surface area (Å²) >= 11 is 0. The van der Waals surface area contributed by atoms with Gasteiger partial charge in [0.25, 0.3) is 0 Å². The molecule has 0 fully saturated rings. The fourth-order valence-corrected chi connectivity index (χ4v) is 5.08. The van der Waals surface area contributed by atoms with E-state index in [0.717, 1.165) is 0 Å². The Bertz CT molecular complexity index is 291. The Morgan fingerprint density at radius 1 is 0.211 bits per heavy atom. The van der Waals surface area contributed by atoms with E-state index in [1.54, 1.807) is 0 Å². The SMILES string of the molecule is CCCCCCCCCNCCCCCCCCC.CCCCCCCCCNCCCCCCCCC. The molecule has 0 spiro atoms. The van der Waals surface area contributed by atoms with E-state index >= 15 is 0 Å². The highest BCUT2D eigenvalue weighted by molar-refractivity contribution is 4.53. The fourth-order valence-electron chi connectivity index (χ4n) is 5.08. The normalized spacial score (nSPS) is 11.1. The van der Waals surface area contributed by atoms with Gasteiger partial charge in [0.15, 0.2) is 0 Å². The van der Waals surface area contributed by atoms with Gasteiger partial charge in [-0.3, -0.25) is 0 Å². The summed E-state index contributed by atoms with van der Waals surface area (Å²) in [5.41, 5.74) is 0. The predicted octanol–water partition coefficient (Wildman–Crippen LogP) is 12.2. The van der Waals surface area contributed by atoms with Crippen LogP contribution in [0.1, 0.15) is 207 Å². The highest BCUT2D eigenvalue weighted by Gasteiger charge is 1.94. The van der Waals surface area contributed by atoms with Gasteiger partial charge in [-0.1, -0.05) is 182 Å².